The normalized spacial score (nSPS) is 16.6. The van der Waals surface area contributed by atoms with E-state index in [4.69, 9.17) is 9.57 Å². The summed E-state index contributed by atoms with van der Waals surface area (Å²) < 4.78 is 5.22. The summed E-state index contributed by atoms with van der Waals surface area (Å²) in [7, 11) is 0. The summed E-state index contributed by atoms with van der Waals surface area (Å²) >= 11 is 2.87. The van der Waals surface area contributed by atoms with E-state index in [1.807, 2.05) is 30.3 Å². The van der Waals surface area contributed by atoms with E-state index in [1.165, 1.54) is 25.2 Å². The summed E-state index contributed by atoms with van der Waals surface area (Å²) in [6.07, 6.45) is 1.30. The number of nitrogens with one attached hydrogen (secondary N) is 1. The standard InChI is InChI=1S/C21H22N2O5S2/c1-4-27-21(26)17-15-10-11-16(29-14-8-6-5-7-9-14)18(23-28-13(3)25)19(15)30-20(17)22-12(2)24/h5-9,16H,4,10-11H2,1-3H3,(H,22,24). The molecule has 1 heterocycles. The van der Waals surface area contributed by atoms with Gasteiger partial charge >= 0.3 is 11.9 Å². The maximum absolute atomic E-state index is 12.6. The van der Waals surface area contributed by atoms with Gasteiger partial charge in [-0.1, -0.05) is 23.4 Å². The molecule has 1 aromatic heterocycles. The van der Waals surface area contributed by atoms with Gasteiger partial charge in [-0.3, -0.25) is 4.79 Å². The van der Waals surface area contributed by atoms with Gasteiger partial charge in [0, 0.05) is 18.7 Å². The number of carbonyl (C=O) groups excluding carboxylic acids is 3. The Morgan fingerprint density at radius 1 is 1.23 bits per heavy atom. The SMILES string of the molecule is CCOC(=O)c1c(NC(C)=O)sc2c1CCC(Sc1ccccc1)C2=NOC(C)=O. The Kier molecular flexibility index (Phi) is 7.28. The molecule has 0 spiro atoms. The second-order valence-electron chi connectivity index (χ2n) is 6.53. The van der Waals surface area contributed by atoms with Crippen LogP contribution in [0, 0.1) is 0 Å². The molecule has 1 amide bonds. The predicted octanol–water partition coefficient (Wildman–Crippen LogP) is 4.26. The minimum atomic E-state index is -0.526. The Morgan fingerprint density at radius 2 is 1.97 bits per heavy atom. The van der Waals surface area contributed by atoms with Gasteiger partial charge in [0.2, 0.25) is 5.91 Å². The van der Waals surface area contributed by atoms with Crippen LogP contribution in [0.2, 0.25) is 0 Å². The summed E-state index contributed by atoms with van der Waals surface area (Å²) in [6, 6.07) is 9.87. The van der Waals surface area contributed by atoms with E-state index >= 15 is 0 Å². The topological polar surface area (TPSA) is 94.1 Å². The van der Waals surface area contributed by atoms with Crippen molar-refractivity contribution in [3.63, 3.8) is 0 Å². The second-order valence-corrected chi connectivity index (χ2v) is 8.83. The number of fused-ring (bicyclic) bond motifs is 1. The Balaban J connectivity index is 2.06. The fraction of sp³-hybridized carbons (Fsp3) is 0.333. The highest BCUT2D eigenvalue weighted by atomic mass is 32.2. The van der Waals surface area contributed by atoms with E-state index in [0.717, 1.165) is 15.3 Å². The van der Waals surface area contributed by atoms with Crippen LogP contribution in [0.25, 0.3) is 0 Å². The Labute approximate surface area is 182 Å². The molecule has 0 saturated carbocycles. The number of ether oxygens (including phenoxy) is 1. The molecule has 7 nitrogen and oxygen atoms in total. The molecule has 1 aliphatic carbocycles. The minimum Gasteiger partial charge on any atom is -0.462 e. The third kappa shape index (κ3) is 5.09. The zero-order valence-electron chi connectivity index (χ0n) is 16.9. The van der Waals surface area contributed by atoms with Crippen molar-refractivity contribution in [2.45, 2.75) is 43.8 Å². The molecule has 30 heavy (non-hydrogen) atoms. The molecule has 1 aliphatic rings. The summed E-state index contributed by atoms with van der Waals surface area (Å²) in [4.78, 5) is 42.5. The van der Waals surface area contributed by atoms with E-state index in [9.17, 15) is 14.4 Å². The highest BCUT2D eigenvalue weighted by Gasteiger charge is 2.35. The number of anilines is 1. The van der Waals surface area contributed by atoms with Gasteiger partial charge in [0.05, 0.1) is 22.3 Å². The second kappa shape index (κ2) is 9.90. The molecule has 2 aromatic rings. The first kappa shape index (κ1) is 22.0. The lowest BCUT2D eigenvalue weighted by molar-refractivity contribution is -0.140. The molecule has 1 atom stereocenters. The van der Waals surface area contributed by atoms with Gasteiger partial charge in [-0.05, 0) is 37.5 Å². The Bertz CT molecular complexity index is 985. The molecule has 9 heteroatoms. The number of esters is 1. The Hall–Kier alpha value is -2.65. The van der Waals surface area contributed by atoms with Gasteiger partial charge in [0.1, 0.15) is 10.7 Å². The third-order valence-electron chi connectivity index (χ3n) is 4.26. The van der Waals surface area contributed by atoms with Crippen molar-refractivity contribution in [2.24, 2.45) is 5.16 Å². The van der Waals surface area contributed by atoms with Crippen molar-refractivity contribution < 1.29 is 24.0 Å². The maximum atomic E-state index is 12.6. The number of amides is 1. The highest BCUT2D eigenvalue weighted by Crippen LogP contribution is 2.42. The first-order valence-electron chi connectivity index (χ1n) is 9.48. The van der Waals surface area contributed by atoms with Crippen LogP contribution in [0.15, 0.2) is 40.4 Å². The lowest BCUT2D eigenvalue weighted by atomic mass is 9.93. The number of carbonyl (C=O) groups is 3. The van der Waals surface area contributed by atoms with Crippen LogP contribution in [0.4, 0.5) is 5.00 Å². The van der Waals surface area contributed by atoms with Crippen molar-refractivity contribution in [3.8, 4) is 0 Å². The zero-order valence-corrected chi connectivity index (χ0v) is 18.5. The van der Waals surface area contributed by atoms with E-state index in [2.05, 4.69) is 10.5 Å². The van der Waals surface area contributed by atoms with Crippen molar-refractivity contribution in [2.75, 3.05) is 11.9 Å². The number of nitrogens with zero attached hydrogens (tertiary/aromatic N) is 1. The van der Waals surface area contributed by atoms with E-state index in [1.54, 1.807) is 18.7 Å². The zero-order chi connectivity index (χ0) is 21.7. The summed E-state index contributed by atoms with van der Waals surface area (Å²) in [5.41, 5.74) is 1.69. The van der Waals surface area contributed by atoms with Crippen molar-refractivity contribution in [1.82, 2.24) is 0 Å². The number of thiophene rings is 1. The number of thioether (sulfide) groups is 1. The number of hydrogen-bond acceptors (Lipinski definition) is 8. The predicted molar refractivity (Wildman–Crippen MR) is 117 cm³/mol. The number of oxime groups is 1. The largest absolute Gasteiger partial charge is 0.462 e. The lowest BCUT2D eigenvalue weighted by Crippen LogP contribution is -2.26. The minimum absolute atomic E-state index is 0.0712. The molecule has 1 unspecified atom stereocenters. The summed E-state index contributed by atoms with van der Waals surface area (Å²) in [5.74, 6) is -1.30. The lowest BCUT2D eigenvalue weighted by Gasteiger charge is -2.23. The van der Waals surface area contributed by atoms with Gasteiger partial charge in [0.25, 0.3) is 0 Å². The van der Waals surface area contributed by atoms with Crippen LogP contribution in [0.3, 0.4) is 0 Å². The molecular weight excluding hydrogens is 424 g/mol. The number of rotatable bonds is 6. The fourth-order valence-corrected chi connectivity index (χ4v) is 5.67. The molecule has 3 rings (SSSR count). The fourth-order valence-electron chi connectivity index (χ4n) is 3.13. The highest BCUT2D eigenvalue weighted by molar-refractivity contribution is 8.00. The van der Waals surface area contributed by atoms with Gasteiger partial charge in [-0.25, -0.2) is 9.59 Å². The summed E-state index contributed by atoms with van der Waals surface area (Å²) in [6.45, 7) is 4.63. The maximum Gasteiger partial charge on any atom is 0.341 e. The monoisotopic (exact) mass is 446 g/mol. The molecular formula is C21H22N2O5S2. The van der Waals surface area contributed by atoms with E-state index in [-0.39, 0.29) is 17.8 Å². The van der Waals surface area contributed by atoms with Gasteiger partial charge < -0.3 is 14.9 Å². The van der Waals surface area contributed by atoms with Crippen LogP contribution in [-0.2, 0) is 25.6 Å². The van der Waals surface area contributed by atoms with Crippen molar-refractivity contribution in [1.29, 1.82) is 0 Å². The third-order valence-corrected chi connectivity index (χ3v) is 6.72. The smallest absolute Gasteiger partial charge is 0.341 e. The van der Waals surface area contributed by atoms with Crippen molar-refractivity contribution in [3.05, 3.63) is 46.3 Å². The summed E-state index contributed by atoms with van der Waals surface area (Å²) in [5, 5.41) is 7.21. The molecule has 0 bridgehead atoms. The molecule has 0 aliphatic heterocycles. The molecule has 158 valence electrons. The number of hydrogen-bond donors (Lipinski definition) is 1. The quantitative estimate of drug-likeness (QED) is 0.405. The van der Waals surface area contributed by atoms with Gasteiger partial charge in [0.15, 0.2) is 0 Å². The number of benzene rings is 1. The van der Waals surface area contributed by atoms with Gasteiger partial charge in [-0.15, -0.1) is 23.1 Å². The van der Waals surface area contributed by atoms with Crippen LogP contribution in [0.1, 0.15) is 48.0 Å². The van der Waals surface area contributed by atoms with Crippen molar-refractivity contribution >= 4 is 51.7 Å². The molecule has 1 aromatic carbocycles. The van der Waals surface area contributed by atoms with E-state index in [0.29, 0.717) is 29.1 Å². The molecule has 1 N–H and O–H groups in total. The first-order chi connectivity index (χ1) is 14.4. The van der Waals surface area contributed by atoms with Crippen LogP contribution >= 0.6 is 23.1 Å². The van der Waals surface area contributed by atoms with Gasteiger partial charge in [-0.2, -0.15) is 0 Å². The van der Waals surface area contributed by atoms with Crippen LogP contribution in [0.5, 0.6) is 0 Å². The molecule has 0 saturated heterocycles. The van der Waals surface area contributed by atoms with Crippen LogP contribution in [-0.4, -0.2) is 35.4 Å². The Morgan fingerprint density at radius 3 is 2.60 bits per heavy atom. The average molecular weight is 447 g/mol. The molecule has 0 fully saturated rings. The van der Waals surface area contributed by atoms with Crippen LogP contribution < -0.4 is 5.32 Å². The average Bonchev–Trinajstić information content (AvgIpc) is 3.05. The first-order valence-corrected chi connectivity index (χ1v) is 11.2. The van der Waals surface area contributed by atoms with E-state index < -0.39 is 11.9 Å². The molecule has 0 radical (unpaired) electrons.